The first-order chi connectivity index (χ1) is 11.8. The summed E-state index contributed by atoms with van der Waals surface area (Å²) in [6, 6.07) is 3.34. The Morgan fingerprint density at radius 2 is 1.38 bits per heavy atom. The lowest BCUT2D eigenvalue weighted by Crippen LogP contribution is -2.04. The van der Waals surface area contributed by atoms with E-state index >= 15 is 0 Å². The fraction of sp³-hybridized carbons (Fsp3) is 0.714. The Balaban J connectivity index is 1.93. The second-order valence-electron chi connectivity index (χ2n) is 6.80. The predicted octanol–water partition coefficient (Wildman–Crippen LogP) is 6.41. The molecule has 0 aliphatic heterocycles. The Morgan fingerprint density at radius 3 is 1.88 bits per heavy atom. The lowest BCUT2D eigenvalue weighted by atomic mass is 10.0. The van der Waals surface area contributed by atoms with Gasteiger partial charge in [0.15, 0.2) is 0 Å². The van der Waals surface area contributed by atoms with Gasteiger partial charge in [-0.05, 0) is 25.0 Å². The summed E-state index contributed by atoms with van der Waals surface area (Å²) in [6.07, 6.45) is 19.7. The molecule has 0 unspecified atom stereocenters. The molecule has 0 aliphatic carbocycles. The Morgan fingerprint density at radius 1 is 0.875 bits per heavy atom. The fourth-order valence-corrected chi connectivity index (χ4v) is 3.14. The highest BCUT2D eigenvalue weighted by molar-refractivity contribution is 5.88. The second-order valence-corrected chi connectivity index (χ2v) is 6.80. The zero-order valence-corrected chi connectivity index (χ0v) is 15.4. The van der Waals surface area contributed by atoms with E-state index in [9.17, 15) is 4.79 Å². The number of nitrogens with zero attached hydrogens (tertiary/aromatic N) is 1. The predicted molar refractivity (Wildman–Crippen MR) is 101 cm³/mol. The summed E-state index contributed by atoms with van der Waals surface area (Å²) < 4.78 is 0. The zero-order valence-electron chi connectivity index (χ0n) is 15.4. The van der Waals surface area contributed by atoms with Crippen LogP contribution < -0.4 is 0 Å². The number of rotatable bonds is 15. The Kier molecular flexibility index (Phi) is 12.1. The van der Waals surface area contributed by atoms with Gasteiger partial charge < -0.3 is 5.11 Å². The SMILES string of the molecule is CCCCCCCCCCCCCCCc1ncccc1C(=O)O. The van der Waals surface area contributed by atoms with Gasteiger partial charge in [-0.2, -0.15) is 0 Å². The van der Waals surface area contributed by atoms with Crippen molar-refractivity contribution in [1.82, 2.24) is 4.98 Å². The molecule has 0 radical (unpaired) electrons. The van der Waals surface area contributed by atoms with Crippen molar-refractivity contribution in [3.8, 4) is 0 Å². The quantitative estimate of drug-likeness (QED) is 0.377. The molecule has 0 saturated heterocycles. The van der Waals surface area contributed by atoms with Gasteiger partial charge >= 0.3 is 5.97 Å². The zero-order chi connectivity index (χ0) is 17.5. The van der Waals surface area contributed by atoms with Crippen molar-refractivity contribution in [3.05, 3.63) is 29.6 Å². The third kappa shape index (κ3) is 9.69. The van der Waals surface area contributed by atoms with E-state index in [4.69, 9.17) is 5.11 Å². The summed E-state index contributed by atoms with van der Waals surface area (Å²) in [5.41, 5.74) is 1.09. The molecule has 3 heteroatoms. The molecule has 0 atom stereocenters. The smallest absolute Gasteiger partial charge is 0.337 e. The van der Waals surface area contributed by atoms with Crippen molar-refractivity contribution in [2.75, 3.05) is 0 Å². The first-order valence-corrected chi connectivity index (χ1v) is 9.93. The number of carbonyl (C=O) groups is 1. The van der Waals surface area contributed by atoms with Crippen LogP contribution in [0.25, 0.3) is 0 Å². The van der Waals surface area contributed by atoms with E-state index in [1.807, 2.05) is 0 Å². The van der Waals surface area contributed by atoms with Gasteiger partial charge in [-0.15, -0.1) is 0 Å². The number of aryl methyl sites for hydroxylation is 1. The molecule has 136 valence electrons. The number of aromatic carboxylic acids is 1. The first-order valence-electron chi connectivity index (χ1n) is 9.93. The molecule has 0 fully saturated rings. The summed E-state index contributed by atoms with van der Waals surface area (Å²) in [6.45, 7) is 2.27. The summed E-state index contributed by atoms with van der Waals surface area (Å²) >= 11 is 0. The van der Waals surface area contributed by atoms with Gasteiger partial charge in [-0.25, -0.2) is 4.79 Å². The summed E-state index contributed by atoms with van der Waals surface area (Å²) in [5.74, 6) is -0.868. The molecular weight excluding hydrogens is 298 g/mol. The van der Waals surface area contributed by atoms with Crippen LogP contribution in [0.1, 0.15) is 106 Å². The molecule has 0 spiro atoms. The molecule has 1 heterocycles. The molecule has 1 rings (SSSR count). The highest BCUT2D eigenvalue weighted by Crippen LogP contribution is 2.14. The molecule has 1 aromatic heterocycles. The number of carboxylic acid groups (broad SMARTS) is 1. The minimum absolute atomic E-state index is 0.358. The molecule has 24 heavy (non-hydrogen) atoms. The van der Waals surface area contributed by atoms with Gasteiger partial charge in [0.2, 0.25) is 0 Å². The molecule has 3 nitrogen and oxygen atoms in total. The number of pyridine rings is 1. The van der Waals surface area contributed by atoms with Crippen molar-refractivity contribution in [2.24, 2.45) is 0 Å². The minimum atomic E-state index is -0.868. The minimum Gasteiger partial charge on any atom is -0.478 e. The summed E-state index contributed by atoms with van der Waals surface area (Å²) in [4.78, 5) is 15.3. The van der Waals surface area contributed by atoms with Crippen molar-refractivity contribution in [2.45, 2.75) is 96.8 Å². The molecule has 0 amide bonds. The van der Waals surface area contributed by atoms with E-state index in [2.05, 4.69) is 11.9 Å². The molecule has 1 aromatic rings. The maximum absolute atomic E-state index is 11.1. The van der Waals surface area contributed by atoms with Crippen LogP contribution in [0, 0.1) is 0 Å². The van der Waals surface area contributed by atoms with Gasteiger partial charge in [0.05, 0.1) is 11.3 Å². The van der Waals surface area contributed by atoms with Crippen LogP contribution in [0.15, 0.2) is 18.3 Å². The van der Waals surface area contributed by atoms with Crippen LogP contribution in [0.2, 0.25) is 0 Å². The standard InChI is InChI=1S/C21H35NO2/c1-2-3-4-5-6-7-8-9-10-11-12-13-14-17-20-19(21(23)24)16-15-18-22-20/h15-16,18H,2-14,17H2,1H3,(H,23,24). The van der Waals surface area contributed by atoms with Crippen molar-refractivity contribution in [3.63, 3.8) is 0 Å². The highest BCUT2D eigenvalue weighted by Gasteiger charge is 2.09. The van der Waals surface area contributed by atoms with E-state index in [0.29, 0.717) is 5.56 Å². The first kappa shape index (κ1) is 20.7. The monoisotopic (exact) mass is 333 g/mol. The van der Waals surface area contributed by atoms with Crippen molar-refractivity contribution >= 4 is 5.97 Å². The van der Waals surface area contributed by atoms with Gasteiger partial charge in [-0.3, -0.25) is 4.98 Å². The topological polar surface area (TPSA) is 50.2 Å². The number of aromatic nitrogens is 1. The molecule has 0 aliphatic rings. The van der Waals surface area contributed by atoms with Crippen molar-refractivity contribution < 1.29 is 9.90 Å². The van der Waals surface area contributed by atoms with E-state index < -0.39 is 5.97 Å². The molecule has 0 bridgehead atoms. The summed E-state index contributed by atoms with van der Waals surface area (Å²) in [5, 5.41) is 9.13. The maximum atomic E-state index is 11.1. The average Bonchev–Trinajstić information content (AvgIpc) is 2.59. The Hall–Kier alpha value is -1.38. The van der Waals surface area contributed by atoms with Crippen molar-refractivity contribution in [1.29, 1.82) is 0 Å². The lowest BCUT2D eigenvalue weighted by Gasteiger charge is -2.05. The van der Waals surface area contributed by atoms with Gasteiger partial charge in [0.25, 0.3) is 0 Å². The van der Waals surface area contributed by atoms with E-state index in [1.165, 1.54) is 77.0 Å². The van der Waals surface area contributed by atoms with Gasteiger partial charge in [0, 0.05) is 6.20 Å². The number of hydrogen-bond acceptors (Lipinski definition) is 2. The number of carboxylic acids is 1. The van der Waals surface area contributed by atoms with Crippen LogP contribution in [0.4, 0.5) is 0 Å². The lowest BCUT2D eigenvalue weighted by molar-refractivity contribution is 0.0695. The number of unbranched alkanes of at least 4 members (excludes halogenated alkanes) is 12. The normalized spacial score (nSPS) is 10.9. The van der Waals surface area contributed by atoms with Crippen LogP contribution in [-0.4, -0.2) is 16.1 Å². The van der Waals surface area contributed by atoms with Crippen LogP contribution in [-0.2, 0) is 6.42 Å². The Bertz CT molecular complexity index is 445. The Labute approximate surface area is 147 Å². The maximum Gasteiger partial charge on any atom is 0.337 e. The van der Waals surface area contributed by atoms with Gasteiger partial charge in [-0.1, -0.05) is 84.0 Å². The van der Waals surface area contributed by atoms with E-state index in [0.717, 1.165) is 18.5 Å². The fourth-order valence-electron chi connectivity index (χ4n) is 3.14. The highest BCUT2D eigenvalue weighted by atomic mass is 16.4. The average molecular weight is 334 g/mol. The van der Waals surface area contributed by atoms with Crippen LogP contribution in [0.5, 0.6) is 0 Å². The largest absolute Gasteiger partial charge is 0.478 e. The number of hydrogen-bond donors (Lipinski definition) is 1. The molecule has 1 N–H and O–H groups in total. The molecule has 0 saturated carbocycles. The molecule has 0 aromatic carbocycles. The summed E-state index contributed by atoms with van der Waals surface area (Å²) in [7, 11) is 0. The van der Waals surface area contributed by atoms with Gasteiger partial charge in [0.1, 0.15) is 0 Å². The van der Waals surface area contributed by atoms with Crippen LogP contribution in [0.3, 0.4) is 0 Å². The van der Waals surface area contributed by atoms with Crippen LogP contribution >= 0.6 is 0 Å². The third-order valence-corrected chi connectivity index (χ3v) is 4.64. The second kappa shape index (κ2) is 14.0. The van der Waals surface area contributed by atoms with E-state index in [1.54, 1.807) is 18.3 Å². The molecular formula is C21H35NO2. The third-order valence-electron chi connectivity index (χ3n) is 4.64. The van der Waals surface area contributed by atoms with E-state index in [-0.39, 0.29) is 0 Å².